The topological polar surface area (TPSA) is 0 Å². The van der Waals surface area contributed by atoms with E-state index in [1.54, 1.807) is 16.5 Å². The Labute approximate surface area is 205 Å². The number of benzene rings is 3. The molecule has 0 aromatic heterocycles. The van der Waals surface area contributed by atoms with E-state index in [1.165, 1.54) is 17.0 Å². The summed E-state index contributed by atoms with van der Waals surface area (Å²) < 4.78 is 0. The molecule has 4 atom stereocenters. The van der Waals surface area contributed by atoms with Crippen molar-refractivity contribution in [2.75, 3.05) is 0 Å². The number of rotatable bonds is 4. The standard InChI is InChI=1S/C26H26P2.2ClH.Pd/c1-19-20(2)26-25(18-24(19)28(26)23-16-10-5-11-17-23)27(21-12-6-3-7-13-21)22-14-8-4-9-15-22;;;/h3-17,24-26H,18H2,1-2H3;2*1H;/q;;;+2/p-2/t24-,25+,26-,28?;;;/m1.../s1. The molecule has 5 heteroatoms. The maximum absolute atomic E-state index is 4.81. The van der Waals surface area contributed by atoms with E-state index in [0.29, 0.717) is 0 Å². The normalized spacial score (nSPS) is 24.4. The Morgan fingerprint density at radius 2 is 1.19 bits per heavy atom. The number of hydrogen-bond donors (Lipinski definition) is 0. The minimum atomic E-state index is -0.347. The number of hydrogen-bond acceptors (Lipinski definition) is 0. The van der Waals surface area contributed by atoms with Crippen molar-refractivity contribution in [1.29, 1.82) is 0 Å². The first-order valence-corrected chi connectivity index (χ1v) is 17.3. The number of allylic oxidation sites excluding steroid dienone is 2. The maximum atomic E-state index is 4.81. The third-order valence-corrected chi connectivity index (χ3v) is 13.1. The molecule has 0 aliphatic carbocycles. The zero-order chi connectivity index (χ0) is 21.8. The Balaban J connectivity index is 0.000000730. The SMILES string of the molecule is CC1=C(C)[C@@H]2[C@@H](P(c3ccccc3)c3ccccc3)C[C@H]1P2c1ccccc1.[Cl][Pd][Cl]. The van der Waals surface area contributed by atoms with Crippen molar-refractivity contribution in [2.24, 2.45) is 0 Å². The van der Waals surface area contributed by atoms with Crippen LogP contribution >= 0.6 is 34.9 Å². The second kappa shape index (κ2) is 11.1. The molecule has 0 nitrogen and oxygen atoms in total. The molecule has 1 unspecified atom stereocenters. The molecule has 3 aromatic rings. The zero-order valence-corrected chi connectivity index (χ0v) is 22.4. The van der Waals surface area contributed by atoms with Gasteiger partial charge in [0.05, 0.1) is 0 Å². The molecule has 0 radical (unpaired) electrons. The van der Waals surface area contributed by atoms with E-state index >= 15 is 0 Å². The zero-order valence-electron chi connectivity index (χ0n) is 17.6. The summed E-state index contributed by atoms with van der Waals surface area (Å²) in [5.41, 5.74) is 5.63. The van der Waals surface area contributed by atoms with E-state index in [1.807, 2.05) is 0 Å². The van der Waals surface area contributed by atoms with E-state index in [-0.39, 0.29) is 31.8 Å². The van der Waals surface area contributed by atoms with Gasteiger partial charge in [-0.15, -0.1) is 0 Å². The van der Waals surface area contributed by atoms with Crippen LogP contribution in [0.25, 0.3) is 0 Å². The Kier molecular flexibility index (Phi) is 8.46. The van der Waals surface area contributed by atoms with Crippen LogP contribution in [-0.4, -0.2) is 17.0 Å². The monoisotopic (exact) mass is 576 g/mol. The van der Waals surface area contributed by atoms with Gasteiger partial charge in [-0.25, -0.2) is 0 Å². The fraction of sp³-hybridized carbons (Fsp3) is 0.231. The van der Waals surface area contributed by atoms with Gasteiger partial charge in [-0.05, 0) is 49.8 Å². The molecule has 2 aliphatic heterocycles. The number of fused-ring (bicyclic) bond motifs is 2. The van der Waals surface area contributed by atoms with Gasteiger partial charge in [-0.2, -0.15) is 0 Å². The molecular formula is C26H26Cl2P2Pd. The predicted molar refractivity (Wildman–Crippen MR) is 138 cm³/mol. The van der Waals surface area contributed by atoms with Gasteiger partial charge in [-0.1, -0.05) is 110 Å². The van der Waals surface area contributed by atoms with Crippen LogP contribution in [0, 0.1) is 0 Å². The molecule has 2 heterocycles. The molecule has 1 saturated heterocycles. The van der Waals surface area contributed by atoms with Crippen molar-refractivity contribution in [3.05, 3.63) is 102 Å². The Bertz CT molecular complexity index is 972. The molecule has 0 spiro atoms. The second-order valence-corrected chi connectivity index (χ2v) is 15.3. The summed E-state index contributed by atoms with van der Waals surface area (Å²) in [5, 5.41) is 4.67. The summed E-state index contributed by atoms with van der Waals surface area (Å²) in [7, 11) is 9.14. The third-order valence-electron chi connectivity index (χ3n) is 6.48. The van der Waals surface area contributed by atoms with Crippen molar-refractivity contribution >= 4 is 50.8 Å². The molecule has 0 amide bonds. The van der Waals surface area contributed by atoms with Crippen molar-refractivity contribution in [3.63, 3.8) is 0 Å². The summed E-state index contributed by atoms with van der Waals surface area (Å²) >= 11 is -0.106. The summed E-state index contributed by atoms with van der Waals surface area (Å²) in [6.45, 7) is 4.83. The van der Waals surface area contributed by atoms with Crippen LogP contribution in [0.15, 0.2) is 102 Å². The van der Waals surface area contributed by atoms with Gasteiger partial charge in [-0.3, -0.25) is 0 Å². The Morgan fingerprint density at radius 3 is 1.68 bits per heavy atom. The van der Waals surface area contributed by atoms with Gasteiger partial charge in [0.2, 0.25) is 0 Å². The van der Waals surface area contributed by atoms with Crippen molar-refractivity contribution in [1.82, 2.24) is 0 Å². The molecule has 31 heavy (non-hydrogen) atoms. The average Bonchev–Trinajstić information content (AvgIpc) is 3.31. The van der Waals surface area contributed by atoms with Gasteiger partial charge in [0, 0.05) is 11.3 Å². The predicted octanol–water partition coefficient (Wildman–Crippen LogP) is 7.16. The second-order valence-electron chi connectivity index (χ2n) is 7.96. The van der Waals surface area contributed by atoms with E-state index in [9.17, 15) is 0 Å². The van der Waals surface area contributed by atoms with Crippen LogP contribution in [0.3, 0.4) is 0 Å². The summed E-state index contributed by atoms with van der Waals surface area (Å²) in [6.07, 6.45) is 1.35. The first-order chi connectivity index (χ1) is 15.2. The molecule has 5 rings (SSSR count). The number of halogens is 2. The first kappa shape index (κ1) is 23.7. The first-order valence-electron chi connectivity index (χ1n) is 10.4. The minimum absolute atomic E-state index is 0.106. The fourth-order valence-electron chi connectivity index (χ4n) is 5.13. The van der Waals surface area contributed by atoms with Crippen LogP contribution in [0.4, 0.5) is 0 Å². The molecular weight excluding hydrogens is 552 g/mol. The molecule has 0 N–H and O–H groups in total. The molecule has 0 saturated carbocycles. The van der Waals surface area contributed by atoms with Gasteiger partial charge >= 0.3 is 35.0 Å². The van der Waals surface area contributed by atoms with E-state index < -0.39 is 0 Å². The van der Waals surface area contributed by atoms with Crippen LogP contribution in [-0.2, 0) is 15.9 Å². The van der Waals surface area contributed by atoms with Crippen LogP contribution in [0.5, 0.6) is 0 Å². The third kappa shape index (κ3) is 4.90. The van der Waals surface area contributed by atoms with Crippen molar-refractivity contribution in [2.45, 2.75) is 37.2 Å². The molecule has 2 aliphatic rings. The average molecular weight is 578 g/mol. The Morgan fingerprint density at radius 1 is 0.742 bits per heavy atom. The van der Waals surface area contributed by atoms with Gasteiger partial charge in [0.15, 0.2) is 0 Å². The summed E-state index contributed by atoms with van der Waals surface area (Å²) in [5.74, 6) is 0. The fourth-order valence-corrected chi connectivity index (χ4v) is 12.9. The molecule has 164 valence electrons. The van der Waals surface area contributed by atoms with Crippen molar-refractivity contribution in [3.8, 4) is 0 Å². The Hall–Kier alpha value is -0.498. The van der Waals surface area contributed by atoms with Gasteiger partial charge in [0.1, 0.15) is 0 Å². The van der Waals surface area contributed by atoms with Gasteiger partial charge < -0.3 is 0 Å². The molecule has 2 bridgehead atoms. The summed E-state index contributed by atoms with van der Waals surface area (Å²) in [4.78, 5) is 0. The summed E-state index contributed by atoms with van der Waals surface area (Å²) in [6, 6.07) is 34.0. The van der Waals surface area contributed by atoms with Crippen molar-refractivity contribution < 1.29 is 15.9 Å². The van der Waals surface area contributed by atoms with Gasteiger partial charge in [0.25, 0.3) is 0 Å². The van der Waals surface area contributed by atoms with E-state index in [0.717, 1.165) is 17.0 Å². The molecule has 1 fully saturated rings. The van der Waals surface area contributed by atoms with Crippen LogP contribution in [0.1, 0.15) is 20.3 Å². The molecule has 3 aromatic carbocycles. The van der Waals surface area contributed by atoms with E-state index in [2.05, 4.69) is 105 Å². The van der Waals surface area contributed by atoms with Crippen LogP contribution < -0.4 is 15.9 Å². The quantitative estimate of drug-likeness (QED) is 0.175. The van der Waals surface area contributed by atoms with Crippen LogP contribution in [0.2, 0.25) is 0 Å². The van der Waals surface area contributed by atoms with E-state index in [4.69, 9.17) is 19.1 Å².